The average molecular weight is 817 g/mol. The molecule has 0 aliphatic carbocycles. The Morgan fingerprint density at radius 1 is 0.296 bits per heavy atom. The molecular formula is C36H73NaO16S. The summed E-state index contributed by atoms with van der Waals surface area (Å²) in [7, 11) is -4.67. The monoisotopic (exact) mass is 816 g/mol. The molecule has 16 nitrogen and oxygen atoms in total. The Balaban J connectivity index is 0. The van der Waals surface area contributed by atoms with Crippen molar-refractivity contribution in [2.75, 3.05) is 165 Å². The van der Waals surface area contributed by atoms with Crippen LogP contribution in [0, 0.1) is 0 Å². The van der Waals surface area contributed by atoms with Crippen molar-refractivity contribution in [3.8, 4) is 0 Å². The van der Waals surface area contributed by atoms with Gasteiger partial charge in [0, 0.05) is 6.61 Å². The van der Waals surface area contributed by atoms with Gasteiger partial charge < -0.3 is 61.4 Å². The minimum absolute atomic E-state index is 0. The summed E-state index contributed by atoms with van der Waals surface area (Å²) in [4.78, 5) is 0. The van der Waals surface area contributed by atoms with Crippen LogP contribution in [0.3, 0.4) is 0 Å². The molecule has 0 bridgehead atoms. The second-order valence-corrected chi connectivity index (χ2v) is 12.8. The van der Waals surface area contributed by atoms with Gasteiger partial charge in [-0.1, -0.05) is 64.7 Å². The van der Waals surface area contributed by atoms with Crippen LogP contribution in [0.2, 0.25) is 0 Å². The molecule has 0 aromatic carbocycles. The van der Waals surface area contributed by atoms with Crippen molar-refractivity contribution in [2.45, 2.75) is 71.1 Å². The molecular weight excluding hydrogens is 743 g/mol. The topological polar surface area (TPSA) is 177 Å². The number of hydrogen-bond acceptors (Lipinski definition) is 16. The fourth-order valence-corrected chi connectivity index (χ4v) is 4.68. The van der Waals surface area contributed by atoms with Crippen LogP contribution in [0.1, 0.15) is 71.1 Å². The van der Waals surface area contributed by atoms with Gasteiger partial charge in [0.15, 0.2) is 0 Å². The fourth-order valence-electron chi connectivity index (χ4n) is 4.41. The molecule has 0 aromatic rings. The summed E-state index contributed by atoms with van der Waals surface area (Å²) in [5, 5.41) is 0. The third-order valence-electron chi connectivity index (χ3n) is 7.19. The van der Waals surface area contributed by atoms with Gasteiger partial charge in [-0.3, -0.25) is 4.18 Å². The first-order chi connectivity index (χ1) is 26.1. The predicted octanol–water partition coefficient (Wildman–Crippen LogP) is 0.587. The van der Waals surface area contributed by atoms with Crippen molar-refractivity contribution in [2.24, 2.45) is 0 Å². The van der Waals surface area contributed by atoms with Crippen LogP contribution in [-0.2, 0) is 71.4 Å². The molecule has 0 unspecified atom stereocenters. The van der Waals surface area contributed by atoms with Gasteiger partial charge in [-0.05, 0) is 6.42 Å². The molecule has 0 heterocycles. The van der Waals surface area contributed by atoms with E-state index < -0.39 is 10.4 Å². The van der Waals surface area contributed by atoms with Crippen LogP contribution >= 0.6 is 0 Å². The maximum absolute atomic E-state index is 10.2. The van der Waals surface area contributed by atoms with Crippen LogP contribution < -0.4 is 29.6 Å². The first-order valence-corrected chi connectivity index (χ1v) is 20.9. The van der Waals surface area contributed by atoms with Crippen molar-refractivity contribution in [1.29, 1.82) is 0 Å². The zero-order valence-electron chi connectivity index (χ0n) is 33.7. The Morgan fingerprint density at radius 3 is 0.704 bits per heavy atom. The van der Waals surface area contributed by atoms with E-state index in [1.807, 2.05) is 0 Å². The van der Waals surface area contributed by atoms with E-state index in [0.29, 0.717) is 139 Å². The Kier molecular flexibility index (Phi) is 51.8. The molecule has 54 heavy (non-hydrogen) atoms. The Bertz CT molecular complexity index is 788. The predicted molar refractivity (Wildman–Crippen MR) is 197 cm³/mol. The summed E-state index contributed by atoms with van der Waals surface area (Å²) in [6.45, 7) is 13.3. The molecule has 0 rings (SSSR count). The number of hydrogen-bond donors (Lipinski definition) is 0. The molecule has 0 radical (unpaired) electrons. The number of ether oxygens (including phenoxy) is 12. The number of unbranched alkanes of at least 4 members (excludes halogenated alkanes) is 9. The zero-order valence-corrected chi connectivity index (χ0v) is 36.5. The average Bonchev–Trinajstić information content (AvgIpc) is 3.14. The Hall–Kier alpha value is 0.390. The maximum Gasteiger partial charge on any atom is 1.00 e. The second kappa shape index (κ2) is 49.5. The Morgan fingerprint density at radius 2 is 0.481 bits per heavy atom. The van der Waals surface area contributed by atoms with E-state index in [0.717, 1.165) is 13.0 Å². The van der Waals surface area contributed by atoms with Gasteiger partial charge in [0.1, 0.15) is 0 Å². The molecule has 0 spiro atoms. The Labute approximate surface area is 348 Å². The van der Waals surface area contributed by atoms with Crippen molar-refractivity contribution in [1.82, 2.24) is 0 Å². The van der Waals surface area contributed by atoms with Crippen LogP contribution in [-0.4, -0.2) is 178 Å². The standard InChI is InChI=1S/C36H74O16S.Na/c1-2-3-4-5-6-7-8-9-10-11-12-40-13-14-41-15-16-42-17-18-43-19-20-44-21-22-45-23-24-46-25-26-47-27-28-48-29-30-49-31-32-50-33-34-51-35-36-52-53(37,38)39;/h2-36H2,1H3,(H,37,38,39);/q;+1/p-1. The molecule has 0 aromatic heterocycles. The third kappa shape index (κ3) is 54.5. The van der Waals surface area contributed by atoms with Crippen molar-refractivity contribution >= 4 is 10.4 Å². The summed E-state index contributed by atoms with van der Waals surface area (Å²) in [6.07, 6.45) is 13.3. The smallest absolute Gasteiger partial charge is 0.726 e. The van der Waals surface area contributed by atoms with Crippen LogP contribution in [0.4, 0.5) is 0 Å². The molecule has 320 valence electrons. The molecule has 0 amide bonds. The fraction of sp³-hybridized carbons (Fsp3) is 1.00. The van der Waals surface area contributed by atoms with Gasteiger partial charge in [0.05, 0.1) is 159 Å². The summed E-state index contributed by atoms with van der Waals surface area (Å²) < 4.78 is 100.0. The molecule has 0 saturated heterocycles. The molecule has 0 aliphatic rings. The number of rotatable bonds is 48. The molecule has 18 heteroatoms. The normalized spacial score (nSPS) is 11.7. The second-order valence-electron chi connectivity index (χ2n) is 11.8. The van der Waals surface area contributed by atoms with E-state index in [4.69, 9.17) is 56.8 Å². The van der Waals surface area contributed by atoms with Crippen LogP contribution in [0.5, 0.6) is 0 Å². The SMILES string of the molecule is CCCCCCCCCCCCOCCOCCOCCOCCOCCOCCOCCOCCOCCOCCOCCOCCOS(=O)(=O)[O-].[Na+]. The summed E-state index contributed by atoms with van der Waals surface area (Å²) >= 11 is 0. The van der Waals surface area contributed by atoms with Gasteiger partial charge in [-0.15, -0.1) is 0 Å². The van der Waals surface area contributed by atoms with Crippen molar-refractivity contribution < 1.29 is 104 Å². The molecule has 0 fully saturated rings. The van der Waals surface area contributed by atoms with Gasteiger partial charge in [0.2, 0.25) is 10.4 Å². The third-order valence-corrected chi connectivity index (χ3v) is 7.65. The maximum atomic E-state index is 10.2. The first-order valence-electron chi connectivity index (χ1n) is 19.6. The molecule has 0 aliphatic heterocycles. The van der Waals surface area contributed by atoms with E-state index in [-0.39, 0.29) is 49.4 Å². The summed E-state index contributed by atoms with van der Waals surface area (Å²) in [5.74, 6) is 0. The summed E-state index contributed by atoms with van der Waals surface area (Å²) in [5.41, 5.74) is 0. The zero-order chi connectivity index (χ0) is 38.4. The quantitative estimate of drug-likeness (QED) is 0.0361. The van der Waals surface area contributed by atoms with Crippen molar-refractivity contribution in [3.63, 3.8) is 0 Å². The van der Waals surface area contributed by atoms with E-state index in [1.54, 1.807) is 0 Å². The minimum atomic E-state index is -4.67. The van der Waals surface area contributed by atoms with Gasteiger partial charge in [0.25, 0.3) is 0 Å². The van der Waals surface area contributed by atoms with Crippen molar-refractivity contribution in [3.05, 3.63) is 0 Å². The minimum Gasteiger partial charge on any atom is -0.726 e. The van der Waals surface area contributed by atoms with Gasteiger partial charge >= 0.3 is 29.6 Å². The molecule has 0 saturated carbocycles. The summed E-state index contributed by atoms with van der Waals surface area (Å²) in [6, 6.07) is 0. The van der Waals surface area contributed by atoms with E-state index in [2.05, 4.69) is 11.1 Å². The van der Waals surface area contributed by atoms with Crippen LogP contribution in [0.15, 0.2) is 0 Å². The van der Waals surface area contributed by atoms with Gasteiger partial charge in [-0.2, -0.15) is 0 Å². The first kappa shape index (κ1) is 56.5. The van der Waals surface area contributed by atoms with Crippen LogP contribution in [0.25, 0.3) is 0 Å². The largest absolute Gasteiger partial charge is 1.00 e. The van der Waals surface area contributed by atoms with E-state index in [1.165, 1.54) is 57.8 Å². The molecule has 0 atom stereocenters. The van der Waals surface area contributed by atoms with Gasteiger partial charge in [-0.25, -0.2) is 8.42 Å². The van der Waals surface area contributed by atoms with E-state index in [9.17, 15) is 13.0 Å². The van der Waals surface area contributed by atoms with E-state index >= 15 is 0 Å². The molecule has 0 N–H and O–H groups in total.